The molecule has 0 saturated carbocycles. The van der Waals surface area contributed by atoms with Gasteiger partial charge in [0.15, 0.2) is 0 Å². The average Bonchev–Trinajstić information content (AvgIpc) is 2.42. The normalized spacial score (nSPS) is 11.0. The molecule has 2 aromatic carbocycles. The number of halogens is 1. The number of carbonyl (C=O) groups excluding carboxylic acids is 1. The van der Waals surface area contributed by atoms with Gasteiger partial charge in [-0.25, -0.2) is 8.42 Å². The first-order valence-electron chi connectivity index (χ1n) is 6.44. The predicted molar refractivity (Wildman–Crippen MR) is 87.7 cm³/mol. The molecular formula is C15H15ClN2O3S. The largest absolute Gasteiger partial charge is 0.325 e. The lowest BCUT2D eigenvalue weighted by Gasteiger charge is -2.11. The van der Waals surface area contributed by atoms with Gasteiger partial charge in [0.25, 0.3) is 10.0 Å². The van der Waals surface area contributed by atoms with Crippen LogP contribution in [-0.4, -0.2) is 14.3 Å². The zero-order valence-electron chi connectivity index (χ0n) is 12.1. The smallest absolute Gasteiger partial charge is 0.261 e. The molecule has 0 fully saturated rings. The van der Waals surface area contributed by atoms with Crippen molar-refractivity contribution >= 4 is 38.9 Å². The lowest BCUT2D eigenvalue weighted by molar-refractivity contribution is -0.114. The van der Waals surface area contributed by atoms with Gasteiger partial charge in [-0.3, -0.25) is 9.52 Å². The molecule has 0 bridgehead atoms. The maximum atomic E-state index is 12.3. The van der Waals surface area contributed by atoms with E-state index in [1.165, 1.54) is 37.3 Å². The molecule has 0 atom stereocenters. The van der Waals surface area contributed by atoms with E-state index in [1.807, 2.05) is 6.92 Å². The van der Waals surface area contributed by atoms with Gasteiger partial charge >= 0.3 is 0 Å². The second-order valence-corrected chi connectivity index (χ2v) is 6.88. The Kier molecular flexibility index (Phi) is 4.73. The highest BCUT2D eigenvalue weighted by Crippen LogP contribution is 2.27. The van der Waals surface area contributed by atoms with Crippen LogP contribution in [0.15, 0.2) is 47.4 Å². The van der Waals surface area contributed by atoms with Crippen molar-refractivity contribution in [3.63, 3.8) is 0 Å². The molecule has 7 heteroatoms. The minimum absolute atomic E-state index is 0.161. The van der Waals surface area contributed by atoms with E-state index in [2.05, 4.69) is 10.0 Å². The average molecular weight is 339 g/mol. The van der Waals surface area contributed by atoms with Crippen LogP contribution in [0.5, 0.6) is 0 Å². The van der Waals surface area contributed by atoms with Crippen molar-refractivity contribution < 1.29 is 13.2 Å². The number of carbonyl (C=O) groups is 1. The summed E-state index contributed by atoms with van der Waals surface area (Å²) < 4.78 is 27.1. The molecule has 0 aromatic heterocycles. The minimum Gasteiger partial charge on any atom is -0.325 e. The van der Waals surface area contributed by atoms with Crippen molar-refractivity contribution in [2.75, 3.05) is 10.0 Å². The van der Waals surface area contributed by atoms with Gasteiger partial charge in [-0.1, -0.05) is 29.3 Å². The molecular weight excluding hydrogens is 324 g/mol. The third-order valence-electron chi connectivity index (χ3n) is 2.86. The summed E-state index contributed by atoms with van der Waals surface area (Å²) in [5, 5.41) is 2.87. The van der Waals surface area contributed by atoms with Crippen molar-refractivity contribution in [1.29, 1.82) is 0 Å². The number of anilines is 2. The van der Waals surface area contributed by atoms with E-state index in [0.717, 1.165) is 5.56 Å². The Hall–Kier alpha value is -2.05. The van der Waals surface area contributed by atoms with E-state index in [0.29, 0.717) is 16.4 Å². The molecule has 0 radical (unpaired) electrons. The summed E-state index contributed by atoms with van der Waals surface area (Å²) in [4.78, 5) is 11.3. The fraction of sp³-hybridized carbons (Fsp3) is 0.133. The molecule has 0 heterocycles. The van der Waals surface area contributed by atoms with Crippen LogP contribution in [0, 0.1) is 6.92 Å². The Balaban J connectivity index is 2.29. The first-order chi connectivity index (χ1) is 10.3. The number of rotatable bonds is 4. The molecule has 0 spiro atoms. The highest BCUT2D eigenvalue weighted by molar-refractivity contribution is 7.92. The summed E-state index contributed by atoms with van der Waals surface area (Å²) in [6.07, 6.45) is 0. The Bertz CT molecular complexity index is 802. The third kappa shape index (κ3) is 3.99. The molecule has 0 saturated heterocycles. The molecule has 0 aliphatic heterocycles. The number of nitrogens with one attached hydrogen (secondary N) is 2. The van der Waals surface area contributed by atoms with E-state index < -0.39 is 10.0 Å². The molecule has 5 nitrogen and oxygen atoms in total. The van der Waals surface area contributed by atoms with Crippen LogP contribution >= 0.6 is 11.6 Å². The van der Waals surface area contributed by atoms with E-state index in [1.54, 1.807) is 12.1 Å². The van der Waals surface area contributed by atoms with Crippen molar-refractivity contribution in [2.45, 2.75) is 18.7 Å². The maximum Gasteiger partial charge on any atom is 0.261 e. The number of sulfonamides is 1. The third-order valence-corrected chi connectivity index (χ3v) is 4.59. The summed E-state index contributed by atoms with van der Waals surface area (Å²) in [7, 11) is -3.69. The molecule has 116 valence electrons. The fourth-order valence-corrected chi connectivity index (χ4v) is 3.02. The molecule has 0 aliphatic carbocycles. The van der Waals surface area contributed by atoms with Crippen LogP contribution in [0.4, 0.5) is 11.4 Å². The van der Waals surface area contributed by atoms with Gasteiger partial charge in [0, 0.05) is 6.92 Å². The van der Waals surface area contributed by atoms with Gasteiger partial charge in [-0.2, -0.15) is 0 Å². The lowest BCUT2D eigenvalue weighted by atomic mass is 10.2. The summed E-state index contributed by atoms with van der Waals surface area (Å²) in [6, 6.07) is 11.0. The number of benzene rings is 2. The second-order valence-electron chi connectivity index (χ2n) is 4.79. The van der Waals surface area contributed by atoms with E-state index in [-0.39, 0.29) is 10.8 Å². The van der Waals surface area contributed by atoms with E-state index >= 15 is 0 Å². The number of amides is 1. The van der Waals surface area contributed by atoms with Crippen LogP contribution in [0.1, 0.15) is 12.5 Å². The Morgan fingerprint density at radius 1 is 1.09 bits per heavy atom. The first-order valence-corrected chi connectivity index (χ1v) is 8.31. The minimum atomic E-state index is -3.69. The van der Waals surface area contributed by atoms with Gasteiger partial charge in [-0.15, -0.1) is 0 Å². The summed E-state index contributed by atoms with van der Waals surface area (Å²) in [6.45, 7) is 3.22. The summed E-state index contributed by atoms with van der Waals surface area (Å²) in [5.74, 6) is -0.291. The Labute approximate surface area is 134 Å². The SMILES string of the molecule is CC(=O)Nc1cc(NS(=O)(=O)c2ccc(C)cc2)ccc1Cl. The van der Waals surface area contributed by atoms with Crippen molar-refractivity contribution in [3.05, 3.63) is 53.1 Å². The van der Waals surface area contributed by atoms with Gasteiger partial charge in [0.05, 0.1) is 21.3 Å². The Morgan fingerprint density at radius 3 is 2.32 bits per heavy atom. The van der Waals surface area contributed by atoms with E-state index in [4.69, 9.17) is 11.6 Å². The van der Waals surface area contributed by atoms with Crippen LogP contribution in [0.2, 0.25) is 5.02 Å². The van der Waals surface area contributed by atoms with Crippen molar-refractivity contribution in [1.82, 2.24) is 0 Å². The quantitative estimate of drug-likeness (QED) is 0.897. The standard InChI is InChI=1S/C15H15ClN2O3S/c1-10-3-6-13(7-4-10)22(20,21)18-12-5-8-14(16)15(9-12)17-11(2)19/h3-9,18H,1-2H3,(H,17,19). The number of hydrogen-bond donors (Lipinski definition) is 2. The zero-order chi connectivity index (χ0) is 16.3. The maximum absolute atomic E-state index is 12.3. The van der Waals surface area contributed by atoms with Gasteiger partial charge in [0.1, 0.15) is 0 Å². The van der Waals surface area contributed by atoms with Crippen LogP contribution in [0.3, 0.4) is 0 Å². The molecule has 22 heavy (non-hydrogen) atoms. The Morgan fingerprint density at radius 2 is 1.73 bits per heavy atom. The highest BCUT2D eigenvalue weighted by Gasteiger charge is 2.14. The summed E-state index contributed by atoms with van der Waals surface area (Å²) >= 11 is 5.95. The lowest BCUT2D eigenvalue weighted by Crippen LogP contribution is -2.13. The molecule has 0 unspecified atom stereocenters. The second kappa shape index (κ2) is 6.37. The molecule has 2 rings (SSSR count). The number of aryl methyl sites for hydroxylation is 1. The van der Waals surface area contributed by atoms with Gasteiger partial charge in [-0.05, 0) is 37.3 Å². The topological polar surface area (TPSA) is 75.3 Å². The molecule has 1 amide bonds. The summed E-state index contributed by atoms with van der Waals surface area (Å²) in [5.41, 5.74) is 1.63. The fourth-order valence-electron chi connectivity index (χ4n) is 1.81. The molecule has 2 N–H and O–H groups in total. The van der Waals surface area contributed by atoms with E-state index in [9.17, 15) is 13.2 Å². The zero-order valence-corrected chi connectivity index (χ0v) is 13.6. The molecule has 0 aliphatic rings. The van der Waals surface area contributed by atoms with Crippen LogP contribution in [-0.2, 0) is 14.8 Å². The van der Waals surface area contributed by atoms with Gasteiger partial charge in [0.2, 0.25) is 5.91 Å². The van der Waals surface area contributed by atoms with Crippen LogP contribution < -0.4 is 10.0 Å². The first kappa shape index (κ1) is 16.3. The monoisotopic (exact) mass is 338 g/mol. The predicted octanol–water partition coefficient (Wildman–Crippen LogP) is 3.41. The van der Waals surface area contributed by atoms with Crippen molar-refractivity contribution in [2.24, 2.45) is 0 Å². The number of hydrogen-bond acceptors (Lipinski definition) is 3. The molecule has 2 aromatic rings. The van der Waals surface area contributed by atoms with Crippen molar-refractivity contribution in [3.8, 4) is 0 Å². The van der Waals surface area contributed by atoms with Crippen LogP contribution in [0.25, 0.3) is 0 Å². The highest BCUT2D eigenvalue weighted by atomic mass is 35.5. The van der Waals surface area contributed by atoms with Gasteiger partial charge < -0.3 is 5.32 Å².